The second-order valence-electron chi connectivity index (χ2n) is 8.07. The van der Waals surface area contributed by atoms with Crippen molar-refractivity contribution in [1.29, 1.82) is 0 Å². The van der Waals surface area contributed by atoms with Crippen molar-refractivity contribution >= 4 is 16.8 Å². The Labute approximate surface area is 185 Å². The zero-order chi connectivity index (χ0) is 22.7. The number of fused-ring (bicyclic) bond motifs is 1. The van der Waals surface area contributed by atoms with E-state index in [2.05, 4.69) is 4.90 Å². The number of halogens is 1. The fraction of sp³-hybridized carbons (Fsp3) is 0.375. The van der Waals surface area contributed by atoms with E-state index in [0.717, 1.165) is 18.5 Å². The third-order valence-corrected chi connectivity index (χ3v) is 6.00. The van der Waals surface area contributed by atoms with Crippen molar-refractivity contribution in [2.45, 2.75) is 33.0 Å². The zero-order valence-electron chi connectivity index (χ0n) is 18.2. The van der Waals surface area contributed by atoms with Crippen molar-refractivity contribution in [2.75, 3.05) is 26.2 Å². The van der Waals surface area contributed by atoms with E-state index in [4.69, 9.17) is 0 Å². The Hall–Kier alpha value is -3.26. The van der Waals surface area contributed by atoms with Crippen LogP contribution in [0.4, 0.5) is 4.39 Å². The first-order valence-electron chi connectivity index (χ1n) is 10.9. The van der Waals surface area contributed by atoms with E-state index in [-0.39, 0.29) is 30.4 Å². The Morgan fingerprint density at radius 2 is 1.69 bits per heavy atom. The van der Waals surface area contributed by atoms with E-state index < -0.39 is 5.69 Å². The van der Waals surface area contributed by atoms with Gasteiger partial charge in [-0.1, -0.05) is 24.3 Å². The van der Waals surface area contributed by atoms with Gasteiger partial charge in [-0.25, -0.2) is 9.18 Å². The van der Waals surface area contributed by atoms with Gasteiger partial charge in [0, 0.05) is 39.3 Å². The van der Waals surface area contributed by atoms with Crippen LogP contribution in [0.15, 0.2) is 58.1 Å². The molecule has 0 radical (unpaired) electrons. The summed E-state index contributed by atoms with van der Waals surface area (Å²) in [4.78, 5) is 42.7. The lowest BCUT2D eigenvalue weighted by Crippen LogP contribution is -2.44. The lowest BCUT2D eigenvalue weighted by atomic mass is 10.2. The molecule has 1 aliphatic rings. The molecule has 3 aromatic rings. The van der Waals surface area contributed by atoms with Crippen molar-refractivity contribution in [3.63, 3.8) is 0 Å². The molecule has 0 unspecified atom stereocenters. The third kappa shape index (κ3) is 4.50. The van der Waals surface area contributed by atoms with E-state index in [1.54, 1.807) is 48.2 Å². The highest BCUT2D eigenvalue weighted by atomic mass is 19.1. The van der Waals surface area contributed by atoms with Crippen LogP contribution in [0.1, 0.15) is 18.9 Å². The summed E-state index contributed by atoms with van der Waals surface area (Å²) in [6, 6.07) is 13.4. The Balaban J connectivity index is 1.50. The standard InChI is InChI=1S/C24H27FN4O3/c1-2-28-23(31)20-6-3-4-7-21(20)29(24(28)32)17-22(30)27-13-5-12-26(14-15-27)16-18-8-10-19(25)11-9-18/h3-4,6-11H,2,5,12-17H2,1H3. The van der Waals surface area contributed by atoms with Crippen molar-refractivity contribution in [3.05, 3.63) is 80.7 Å². The molecule has 2 heterocycles. The fourth-order valence-electron chi connectivity index (χ4n) is 4.26. The summed E-state index contributed by atoms with van der Waals surface area (Å²) in [7, 11) is 0. The molecule has 0 N–H and O–H groups in total. The minimum atomic E-state index is -0.461. The summed E-state index contributed by atoms with van der Waals surface area (Å²) in [6.07, 6.45) is 0.817. The Morgan fingerprint density at radius 1 is 0.938 bits per heavy atom. The van der Waals surface area contributed by atoms with Gasteiger partial charge in [-0.2, -0.15) is 0 Å². The van der Waals surface area contributed by atoms with Crippen LogP contribution in [0.25, 0.3) is 10.9 Å². The molecule has 1 aromatic heterocycles. The highest BCUT2D eigenvalue weighted by molar-refractivity contribution is 5.81. The van der Waals surface area contributed by atoms with Gasteiger partial charge in [0.2, 0.25) is 5.91 Å². The molecule has 1 fully saturated rings. The summed E-state index contributed by atoms with van der Waals surface area (Å²) in [5.41, 5.74) is 0.722. The van der Waals surface area contributed by atoms with Crippen molar-refractivity contribution in [3.8, 4) is 0 Å². The number of aromatic nitrogens is 2. The highest BCUT2D eigenvalue weighted by Crippen LogP contribution is 2.12. The number of carbonyl (C=O) groups excluding carboxylic acids is 1. The number of benzene rings is 2. The predicted octanol–water partition coefficient (Wildman–Crippen LogP) is 2.06. The first kappa shape index (κ1) is 22.0. The Bertz CT molecular complexity index is 1230. The van der Waals surface area contributed by atoms with Crippen LogP contribution in [0.2, 0.25) is 0 Å². The summed E-state index contributed by atoms with van der Waals surface area (Å²) in [5.74, 6) is -0.388. The van der Waals surface area contributed by atoms with Gasteiger partial charge in [0.05, 0.1) is 10.9 Å². The monoisotopic (exact) mass is 438 g/mol. The van der Waals surface area contributed by atoms with Crippen LogP contribution in [0.5, 0.6) is 0 Å². The number of para-hydroxylation sites is 1. The molecule has 168 valence electrons. The molecule has 32 heavy (non-hydrogen) atoms. The maximum Gasteiger partial charge on any atom is 0.331 e. The summed E-state index contributed by atoms with van der Waals surface area (Å²) in [6.45, 7) is 5.30. The van der Waals surface area contributed by atoms with Gasteiger partial charge in [-0.05, 0) is 43.2 Å². The summed E-state index contributed by atoms with van der Waals surface area (Å²) < 4.78 is 15.7. The first-order chi connectivity index (χ1) is 15.5. The van der Waals surface area contributed by atoms with Gasteiger partial charge in [-0.3, -0.25) is 23.6 Å². The average molecular weight is 439 g/mol. The second-order valence-corrected chi connectivity index (χ2v) is 8.07. The minimum Gasteiger partial charge on any atom is -0.340 e. The van der Waals surface area contributed by atoms with Crippen molar-refractivity contribution < 1.29 is 9.18 Å². The van der Waals surface area contributed by atoms with E-state index >= 15 is 0 Å². The molecular formula is C24H27FN4O3. The normalized spacial score (nSPS) is 15.1. The van der Waals surface area contributed by atoms with Crippen LogP contribution in [-0.2, 0) is 24.4 Å². The van der Waals surface area contributed by atoms with Gasteiger partial charge >= 0.3 is 5.69 Å². The second kappa shape index (κ2) is 9.48. The molecule has 7 nitrogen and oxygen atoms in total. The van der Waals surface area contributed by atoms with E-state index in [1.165, 1.54) is 21.3 Å². The number of nitrogens with zero attached hydrogens (tertiary/aromatic N) is 4. The number of amides is 1. The van der Waals surface area contributed by atoms with Gasteiger partial charge in [0.25, 0.3) is 5.56 Å². The van der Waals surface area contributed by atoms with E-state index in [0.29, 0.717) is 37.1 Å². The van der Waals surface area contributed by atoms with Crippen LogP contribution < -0.4 is 11.2 Å². The molecule has 1 amide bonds. The van der Waals surface area contributed by atoms with Gasteiger partial charge in [-0.15, -0.1) is 0 Å². The zero-order valence-corrected chi connectivity index (χ0v) is 18.2. The van der Waals surface area contributed by atoms with Gasteiger partial charge in [0.1, 0.15) is 12.4 Å². The molecule has 1 aliphatic heterocycles. The van der Waals surface area contributed by atoms with Crippen molar-refractivity contribution in [1.82, 2.24) is 18.9 Å². The molecule has 0 spiro atoms. The largest absolute Gasteiger partial charge is 0.340 e. The van der Waals surface area contributed by atoms with Crippen molar-refractivity contribution in [2.24, 2.45) is 0 Å². The number of hydrogen-bond donors (Lipinski definition) is 0. The average Bonchev–Trinajstić information content (AvgIpc) is 3.04. The van der Waals surface area contributed by atoms with Gasteiger partial charge < -0.3 is 4.90 Å². The molecular weight excluding hydrogens is 411 g/mol. The van der Waals surface area contributed by atoms with Crippen LogP contribution in [0.3, 0.4) is 0 Å². The number of hydrogen-bond acceptors (Lipinski definition) is 4. The molecule has 2 aromatic carbocycles. The molecule has 4 rings (SSSR count). The molecule has 0 atom stereocenters. The minimum absolute atomic E-state index is 0.0996. The maximum absolute atomic E-state index is 13.1. The van der Waals surface area contributed by atoms with E-state index in [1.807, 2.05) is 0 Å². The van der Waals surface area contributed by atoms with E-state index in [9.17, 15) is 18.8 Å². The topological polar surface area (TPSA) is 67.6 Å². The molecule has 8 heteroatoms. The maximum atomic E-state index is 13.1. The Kier molecular flexibility index (Phi) is 6.50. The fourth-order valence-corrected chi connectivity index (χ4v) is 4.26. The van der Waals surface area contributed by atoms with Crippen LogP contribution >= 0.6 is 0 Å². The quantitative estimate of drug-likeness (QED) is 0.612. The van der Waals surface area contributed by atoms with Gasteiger partial charge in [0.15, 0.2) is 0 Å². The molecule has 0 aliphatic carbocycles. The summed E-state index contributed by atoms with van der Waals surface area (Å²) in [5, 5.41) is 0.433. The molecule has 1 saturated heterocycles. The third-order valence-electron chi connectivity index (χ3n) is 6.00. The SMILES string of the molecule is CCn1c(=O)c2ccccc2n(CC(=O)N2CCCN(Cc3ccc(F)cc3)CC2)c1=O. The lowest BCUT2D eigenvalue weighted by Gasteiger charge is -2.23. The Morgan fingerprint density at radius 3 is 2.44 bits per heavy atom. The lowest BCUT2D eigenvalue weighted by molar-refractivity contribution is -0.131. The highest BCUT2D eigenvalue weighted by Gasteiger charge is 2.21. The van der Waals surface area contributed by atoms with Crippen LogP contribution in [-0.4, -0.2) is 51.0 Å². The predicted molar refractivity (Wildman–Crippen MR) is 121 cm³/mol. The molecule has 0 saturated carbocycles. The number of carbonyl (C=O) groups is 1. The first-order valence-corrected chi connectivity index (χ1v) is 10.9. The molecule has 0 bridgehead atoms. The number of rotatable bonds is 5. The summed E-state index contributed by atoms with van der Waals surface area (Å²) >= 11 is 0. The van der Waals surface area contributed by atoms with Crippen LogP contribution in [0, 0.1) is 5.82 Å². The smallest absolute Gasteiger partial charge is 0.331 e.